The van der Waals surface area contributed by atoms with Crippen molar-refractivity contribution in [3.8, 4) is 0 Å². The number of carbonyl (C=O) groups excluding carboxylic acids is 1. The average Bonchev–Trinajstić information content (AvgIpc) is 3.03. The predicted octanol–water partition coefficient (Wildman–Crippen LogP) is 3.59. The van der Waals surface area contributed by atoms with Gasteiger partial charge in [-0.3, -0.25) is 19.6 Å². The van der Waals surface area contributed by atoms with E-state index in [1.807, 2.05) is 44.2 Å². The molecule has 130 valence electrons. The van der Waals surface area contributed by atoms with Crippen molar-refractivity contribution in [1.29, 1.82) is 0 Å². The lowest BCUT2D eigenvalue weighted by Gasteiger charge is -2.09. The molecular formula is C19H16N4O2S. The fourth-order valence-electron chi connectivity index (χ4n) is 2.87. The molecule has 0 bridgehead atoms. The summed E-state index contributed by atoms with van der Waals surface area (Å²) in [4.78, 5) is 29.8. The van der Waals surface area contributed by atoms with Crippen LogP contribution < -0.4 is 10.7 Å². The second-order valence-corrected chi connectivity index (χ2v) is 6.99. The highest BCUT2D eigenvalue weighted by Gasteiger charge is 2.18. The van der Waals surface area contributed by atoms with Gasteiger partial charge < -0.3 is 0 Å². The number of hydrogen-bond donors (Lipinski definition) is 1. The van der Waals surface area contributed by atoms with Crippen LogP contribution in [0.1, 0.15) is 23.0 Å². The zero-order valence-electron chi connectivity index (χ0n) is 14.3. The van der Waals surface area contributed by atoms with E-state index in [2.05, 4.69) is 15.4 Å². The minimum atomic E-state index is -0.543. The molecule has 0 aliphatic rings. The Balaban J connectivity index is 1.75. The average molecular weight is 364 g/mol. The van der Waals surface area contributed by atoms with Gasteiger partial charge in [0.25, 0.3) is 5.91 Å². The van der Waals surface area contributed by atoms with Gasteiger partial charge in [-0.25, -0.2) is 4.98 Å². The molecule has 6 nitrogen and oxygen atoms in total. The van der Waals surface area contributed by atoms with Crippen LogP contribution in [0, 0.1) is 6.92 Å². The van der Waals surface area contributed by atoms with E-state index in [1.165, 1.54) is 11.3 Å². The van der Waals surface area contributed by atoms with E-state index in [0.29, 0.717) is 22.6 Å². The molecule has 4 aromatic rings. The van der Waals surface area contributed by atoms with Crippen LogP contribution >= 0.6 is 11.3 Å². The zero-order chi connectivity index (χ0) is 18.3. The largest absolute Gasteiger partial charge is 0.296 e. The maximum atomic E-state index is 12.7. The van der Waals surface area contributed by atoms with Crippen molar-refractivity contribution in [1.82, 2.24) is 14.8 Å². The van der Waals surface area contributed by atoms with Crippen LogP contribution in [0.3, 0.4) is 0 Å². The zero-order valence-corrected chi connectivity index (χ0v) is 15.1. The summed E-state index contributed by atoms with van der Waals surface area (Å²) in [6.07, 6.45) is 0. The highest BCUT2D eigenvalue weighted by atomic mass is 32.1. The lowest BCUT2D eigenvalue weighted by Crippen LogP contribution is -2.27. The third-order valence-electron chi connectivity index (χ3n) is 4.14. The standard InChI is InChI=1S/C19H16N4O2S/c1-3-23-14-7-5-4-6-12(14)17(24)16(22-23)18(25)21-19-20-13-9-8-11(2)10-15(13)26-19/h4-10H,3H2,1-2H3,(H,20,21,25). The van der Waals surface area contributed by atoms with Gasteiger partial charge in [0.05, 0.1) is 15.7 Å². The summed E-state index contributed by atoms with van der Waals surface area (Å²) in [5.74, 6) is -0.543. The second-order valence-electron chi connectivity index (χ2n) is 5.95. The number of para-hydroxylation sites is 1. The van der Waals surface area contributed by atoms with Crippen LogP contribution in [0.15, 0.2) is 47.3 Å². The number of nitrogens with zero attached hydrogens (tertiary/aromatic N) is 3. The molecule has 2 heterocycles. The number of hydrogen-bond acceptors (Lipinski definition) is 5. The number of aryl methyl sites for hydroxylation is 2. The molecule has 2 aromatic heterocycles. The Labute approximate surface area is 153 Å². The van der Waals surface area contributed by atoms with Crippen LogP contribution in [-0.4, -0.2) is 20.7 Å². The van der Waals surface area contributed by atoms with Gasteiger partial charge >= 0.3 is 0 Å². The fraction of sp³-hybridized carbons (Fsp3) is 0.158. The van der Waals surface area contributed by atoms with Gasteiger partial charge in [0, 0.05) is 11.9 Å². The third kappa shape index (κ3) is 2.76. The molecule has 0 fully saturated rings. The second kappa shape index (κ2) is 6.34. The molecule has 26 heavy (non-hydrogen) atoms. The number of thiazole rings is 1. The number of rotatable bonds is 3. The molecule has 0 radical (unpaired) electrons. The summed E-state index contributed by atoms with van der Waals surface area (Å²) in [5, 5.41) is 7.90. The first kappa shape index (κ1) is 16.4. The number of aromatic nitrogens is 3. The fourth-order valence-corrected chi connectivity index (χ4v) is 3.83. The Morgan fingerprint density at radius 1 is 1.23 bits per heavy atom. The first-order chi connectivity index (χ1) is 12.6. The highest BCUT2D eigenvalue weighted by molar-refractivity contribution is 7.22. The van der Waals surface area contributed by atoms with E-state index in [-0.39, 0.29) is 11.1 Å². The van der Waals surface area contributed by atoms with Crippen LogP contribution in [0.25, 0.3) is 21.1 Å². The number of amides is 1. The molecule has 0 saturated carbocycles. The van der Waals surface area contributed by atoms with Gasteiger partial charge in [0.15, 0.2) is 10.8 Å². The number of nitrogens with one attached hydrogen (secondary N) is 1. The molecule has 2 aromatic carbocycles. The van der Waals surface area contributed by atoms with Crippen molar-refractivity contribution < 1.29 is 4.79 Å². The topological polar surface area (TPSA) is 76.9 Å². The number of anilines is 1. The molecule has 0 aliphatic heterocycles. The molecular weight excluding hydrogens is 348 g/mol. The van der Waals surface area contributed by atoms with Crippen molar-refractivity contribution in [3.05, 3.63) is 63.9 Å². The van der Waals surface area contributed by atoms with Gasteiger partial charge in [0.1, 0.15) is 0 Å². The Kier molecular flexibility index (Phi) is 4.00. The molecule has 0 atom stereocenters. The van der Waals surface area contributed by atoms with Gasteiger partial charge in [-0.1, -0.05) is 29.5 Å². The monoisotopic (exact) mass is 364 g/mol. The third-order valence-corrected chi connectivity index (χ3v) is 5.08. The first-order valence-corrected chi connectivity index (χ1v) is 9.07. The van der Waals surface area contributed by atoms with E-state index in [9.17, 15) is 9.59 Å². The molecule has 1 N–H and O–H groups in total. The van der Waals surface area contributed by atoms with E-state index in [1.54, 1.807) is 16.8 Å². The summed E-state index contributed by atoms with van der Waals surface area (Å²) in [6, 6.07) is 13.1. The van der Waals surface area contributed by atoms with Gasteiger partial charge in [-0.05, 0) is 43.7 Å². The quantitative estimate of drug-likeness (QED) is 0.603. The van der Waals surface area contributed by atoms with Crippen molar-refractivity contribution in [2.24, 2.45) is 0 Å². The minimum absolute atomic E-state index is 0.124. The highest BCUT2D eigenvalue weighted by Crippen LogP contribution is 2.26. The molecule has 0 aliphatic carbocycles. The predicted molar refractivity (Wildman–Crippen MR) is 104 cm³/mol. The molecule has 4 rings (SSSR count). The molecule has 0 unspecified atom stereocenters. The molecule has 1 amide bonds. The van der Waals surface area contributed by atoms with Crippen molar-refractivity contribution in [2.45, 2.75) is 20.4 Å². The minimum Gasteiger partial charge on any atom is -0.296 e. The normalized spacial score (nSPS) is 11.2. The number of fused-ring (bicyclic) bond motifs is 2. The SMILES string of the molecule is CCn1nc(C(=O)Nc2nc3ccc(C)cc3s2)c(=O)c2ccccc21. The maximum Gasteiger partial charge on any atom is 0.281 e. The lowest BCUT2D eigenvalue weighted by atomic mass is 10.2. The van der Waals surface area contributed by atoms with E-state index < -0.39 is 5.91 Å². The summed E-state index contributed by atoms with van der Waals surface area (Å²) in [6.45, 7) is 4.48. The summed E-state index contributed by atoms with van der Waals surface area (Å²) in [5.41, 5.74) is 2.15. The summed E-state index contributed by atoms with van der Waals surface area (Å²) in [7, 11) is 0. The van der Waals surface area contributed by atoms with Crippen LogP contribution in [0.2, 0.25) is 0 Å². The Morgan fingerprint density at radius 3 is 2.85 bits per heavy atom. The summed E-state index contributed by atoms with van der Waals surface area (Å²) >= 11 is 1.37. The van der Waals surface area contributed by atoms with Gasteiger partial charge in [0.2, 0.25) is 5.43 Å². The Bertz CT molecular complexity index is 1210. The molecule has 7 heteroatoms. The van der Waals surface area contributed by atoms with Crippen molar-refractivity contribution >= 4 is 43.5 Å². The molecule has 0 saturated heterocycles. The number of benzene rings is 2. The van der Waals surface area contributed by atoms with Crippen molar-refractivity contribution in [3.63, 3.8) is 0 Å². The smallest absolute Gasteiger partial charge is 0.281 e. The van der Waals surface area contributed by atoms with Crippen molar-refractivity contribution in [2.75, 3.05) is 5.32 Å². The van der Waals surface area contributed by atoms with Gasteiger partial charge in [-0.15, -0.1) is 0 Å². The van der Waals surface area contributed by atoms with Crippen LogP contribution in [0.5, 0.6) is 0 Å². The first-order valence-electron chi connectivity index (χ1n) is 8.25. The Hall–Kier alpha value is -3.06. The lowest BCUT2D eigenvalue weighted by molar-refractivity contribution is 0.101. The van der Waals surface area contributed by atoms with Crippen LogP contribution in [-0.2, 0) is 6.54 Å². The summed E-state index contributed by atoms with van der Waals surface area (Å²) < 4.78 is 2.64. The van der Waals surface area contributed by atoms with E-state index in [0.717, 1.165) is 15.8 Å². The Morgan fingerprint density at radius 2 is 2.04 bits per heavy atom. The van der Waals surface area contributed by atoms with Crippen LogP contribution in [0.4, 0.5) is 5.13 Å². The maximum absolute atomic E-state index is 12.7. The number of carbonyl (C=O) groups is 1. The molecule has 0 spiro atoms. The van der Waals surface area contributed by atoms with E-state index >= 15 is 0 Å². The van der Waals surface area contributed by atoms with Gasteiger partial charge in [-0.2, -0.15) is 5.10 Å². The van der Waals surface area contributed by atoms with E-state index in [4.69, 9.17) is 0 Å².